The van der Waals surface area contributed by atoms with Gasteiger partial charge in [-0.3, -0.25) is 0 Å². The highest BCUT2D eigenvalue weighted by Crippen LogP contribution is 2.24. The van der Waals surface area contributed by atoms with Crippen LogP contribution in [0.25, 0.3) is 11.5 Å². The third-order valence-electron chi connectivity index (χ3n) is 2.11. The largest absolute Gasteiger partial charge is 0.443 e. The molecule has 6 heteroatoms. The Balaban J connectivity index is 2.52. The maximum absolute atomic E-state index is 11.0. The second-order valence-electron chi connectivity index (χ2n) is 3.24. The lowest BCUT2D eigenvalue weighted by molar-refractivity contribution is 0.568. The van der Waals surface area contributed by atoms with Gasteiger partial charge in [-0.2, -0.15) is 4.98 Å². The molecule has 0 aliphatic carbocycles. The Kier molecular flexibility index (Phi) is 2.73. The summed E-state index contributed by atoms with van der Waals surface area (Å²) in [6, 6.07) is 7.38. The fraction of sp³-hybridized carbons (Fsp3) is 0.100. The number of nitrogens with zero attached hydrogens (tertiary/aromatic N) is 1. The second-order valence-corrected chi connectivity index (χ2v) is 5.76. The van der Waals surface area contributed by atoms with Crippen molar-refractivity contribution in [2.75, 3.05) is 0 Å². The molecule has 0 N–H and O–H groups in total. The molecule has 2 aromatic rings. The fourth-order valence-corrected chi connectivity index (χ4v) is 1.88. The monoisotopic (exact) mass is 257 g/mol. The van der Waals surface area contributed by atoms with Crippen molar-refractivity contribution in [3.63, 3.8) is 0 Å². The first-order valence-electron chi connectivity index (χ1n) is 4.44. The summed E-state index contributed by atoms with van der Waals surface area (Å²) < 4.78 is 27.1. The maximum atomic E-state index is 11.0. The van der Waals surface area contributed by atoms with Crippen LogP contribution >= 0.6 is 10.7 Å². The summed E-state index contributed by atoms with van der Waals surface area (Å²) in [5.41, 5.74) is 1.69. The van der Waals surface area contributed by atoms with Gasteiger partial charge in [0, 0.05) is 16.2 Å². The molecule has 1 heterocycles. The van der Waals surface area contributed by atoms with Gasteiger partial charge in [-0.25, -0.2) is 8.42 Å². The molecular formula is C10H8ClNO3S. The number of aromatic nitrogens is 1. The van der Waals surface area contributed by atoms with E-state index in [2.05, 4.69) is 4.98 Å². The van der Waals surface area contributed by atoms with Crippen LogP contribution < -0.4 is 0 Å². The van der Waals surface area contributed by atoms with Gasteiger partial charge in [0.15, 0.2) is 0 Å². The van der Waals surface area contributed by atoms with E-state index in [4.69, 9.17) is 15.1 Å². The Morgan fingerprint density at radius 2 is 2.00 bits per heavy atom. The molecule has 0 radical (unpaired) electrons. The minimum atomic E-state index is -3.84. The molecule has 0 bridgehead atoms. The average molecular weight is 258 g/mol. The van der Waals surface area contributed by atoms with Crippen molar-refractivity contribution in [2.45, 2.75) is 11.9 Å². The second kappa shape index (κ2) is 3.92. The van der Waals surface area contributed by atoms with E-state index in [0.717, 1.165) is 17.4 Å². The lowest BCUT2D eigenvalue weighted by Gasteiger charge is -1.98. The van der Waals surface area contributed by atoms with E-state index in [-0.39, 0.29) is 10.9 Å². The normalized spacial score (nSPS) is 11.6. The van der Waals surface area contributed by atoms with Crippen molar-refractivity contribution < 1.29 is 12.8 Å². The Bertz CT molecular complexity index is 618. The van der Waals surface area contributed by atoms with E-state index >= 15 is 0 Å². The molecule has 84 valence electrons. The molecule has 0 unspecified atom stereocenters. The van der Waals surface area contributed by atoms with Gasteiger partial charge in [-0.05, 0) is 18.6 Å². The molecule has 0 saturated carbocycles. The Labute approximate surface area is 97.3 Å². The molecule has 0 saturated heterocycles. The van der Waals surface area contributed by atoms with Gasteiger partial charge < -0.3 is 4.42 Å². The van der Waals surface area contributed by atoms with Crippen LogP contribution in [0.2, 0.25) is 0 Å². The number of oxazole rings is 1. The zero-order chi connectivity index (χ0) is 11.8. The van der Waals surface area contributed by atoms with Crippen LogP contribution in [-0.2, 0) is 9.05 Å². The average Bonchev–Trinajstić information content (AvgIpc) is 2.66. The highest BCUT2D eigenvalue weighted by Gasteiger charge is 2.17. The molecule has 2 rings (SSSR count). The minimum Gasteiger partial charge on any atom is -0.443 e. The van der Waals surface area contributed by atoms with Crippen molar-refractivity contribution in [3.8, 4) is 11.5 Å². The lowest BCUT2D eigenvalue weighted by Crippen LogP contribution is -1.90. The predicted molar refractivity (Wildman–Crippen MR) is 59.7 cm³/mol. The highest BCUT2D eigenvalue weighted by molar-refractivity contribution is 8.13. The van der Waals surface area contributed by atoms with Crippen LogP contribution in [0, 0.1) is 6.92 Å². The first kappa shape index (κ1) is 11.2. The van der Waals surface area contributed by atoms with Gasteiger partial charge in [0.25, 0.3) is 9.05 Å². The van der Waals surface area contributed by atoms with E-state index < -0.39 is 9.05 Å². The third-order valence-corrected chi connectivity index (χ3v) is 3.27. The third kappa shape index (κ3) is 2.10. The van der Waals surface area contributed by atoms with Gasteiger partial charge >= 0.3 is 0 Å². The molecule has 4 nitrogen and oxygen atoms in total. The molecule has 1 aromatic heterocycles. The molecular weight excluding hydrogens is 250 g/mol. The number of hydrogen-bond acceptors (Lipinski definition) is 4. The predicted octanol–water partition coefficient (Wildman–Crippen LogP) is 2.58. The standard InChI is InChI=1S/C10H8ClNO3S/c1-7-4-2-3-5-8(7)10-12-9(6-15-10)16(11,13)14/h2-6H,1H3. The lowest BCUT2D eigenvalue weighted by atomic mass is 10.1. The minimum absolute atomic E-state index is 0.248. The molecule has 1 aromatic carbocycles. The van der Waals surface area contributed by atoms with E-state index in [9.17, 15) is 8.42 Å². The van der Waals surface area contributed by atoms with E-state index in [1.165, 1.54) is 0 Å². The van der Waals surface area contributed by atoms with Crippen molar-refractivity contribution >= 4 is 19.7 Å². The summed E-state index contributed by atoms with van der Waals surface area (Å²) in [6.07, 6.45) is 1.03. The molecule has 0 amide bonds. The smallest absolute Gasteiger partial charge is 0.281 e. The maximum Gasteiger partial charge on any atom is 0.281 e. The Hall–Kier alpha value is -1.33. The van der Waals surface area contributed by atoms with Crippen LogP contribution in [0.4, 0.5) is 0 Å². The molecule has 0 aliphatic heterocycles. The Morgan fingerprint density at radius 1 is 1.31 bits per heavy atom. The van der Waals surface area contributed by atoms with Gasteiger partial charge in [0.1, 0.15) is 6.26 Å². The zero-order valence-corrected chi connectivity index (χ0v) is 9.92. The number of halogens is 1. The van der Waals surface area contributed by atoms with Crippen molar-refractivity contribution in [2.24, 2.45) is 0 Å². The van der Waals surface area contributed by atoms with E-state index in [0.29, 0.717) is 0 Å². The van der Waals surface area contributed by atoms with Gasteiger partial charge in [0.05, 0.1) is 0 Å². The van der Waals surface area contributed by atoms with Crippen molar-refractivity contribution in [1.29, 1.82) is 0 Å². The van der Waals surface area contributed by atoms with Crippen molar-refractivity contribution in [3.05, 3.63) is 36.1 Å². The summed E-state index contributed by atoms with van der Waals surface area (Å²) in [5.74, 6) is 0.248. The van der Waals surface area contributed by atoms with Crippen LogP contribution in [0.3, 0.4) is 0 Å². The number of benzene rings is 1. The van der Waals surface area contributed by atoms with Crippen LogP contribution in [0.1, 0.15) is 5.56 Å². The summed E-state index contributed by atoms with van der Waals surface area (Å²) >= 11 is 0. The quantitative estimate of drug-likeness (QED) is 0.776. The van der Waals surface area contributed by atoms with Gasteiger partial charge in [-0.15, -0.1) is 0 Å². The number of rotatable bonds is 2. The van der Waals surface area contributed by atoms with E-state index in [1.807, 2.05) is 25.1 Å². The summed E-state index contributed by atoms with van der Waals surface area (Å²) in [7, 11) is 1.31. The fourth-order valence-electron chi connectivity index (χ4n) is 1.31. The topological polar surface area (TPSA) is 60.2 Å². The van der Waals surface area contributed by atoms with Crippen LogP contribution in [0.15, 0.2) is 40.0 Å². The molecule has 0 spiro atoms. The van der Waals surface area contributed by atoms with E-state index in [1.54, 1.807) is 6.07 Å². The summed E-state index contributed by atoms with van der Waals surface area (Å²) in [6.45, 7) is 1.88. The summed E-state index contributed by atoms with van der Waals surface area (Å²) in [5, 5.41) is -0.271. The highest BCUT2D eigenvalue weighted by atomic mass is 35.7. The van der Waals surface area contributed by atoms with Crippen LogP contribution in [-0.4, -0.2) is 13.4 Å². The van der Waals surface area contributed by atoms with Crippen molar-refractivity contribution in [1.82, 2.24) is 4.98 Å². The zero-order valence-electron chi connectivity index (χ0n) is 8.34. The molecule has 0 fully saturated rings. The first-order valence-corrected chi connectivity index (χ1v) is 6.75. The Morgan fingerprint density at radius 3 is 2.56 bits per heavy atom. The molecule has 0 aliphatic rings. The van der Waals surface area contributed by atoms with Crippen LogP contribution in [0.5, 0.6) is 0 Å². The SMILES string of the molecule is Cc1ccccc1-c1nc(S(=O)(=O)Cl)co1. The number of hydrogen-bond donors (Lipinski definition) is 0. The summed E-state index contributed by atoms with van der Waals surface area (Å²) in [4.78, 5) is 3.83. The molecule has 0 atom stereocenters. The van der Waals surface area contributed by atoms with Gasteiger partial charge in [0.2, 0.25) is 10.9 Å². The van der Waals surface area contributed by atoms with Gasteiger partial charge in [-0.1, -0.05) is 18.2 Å². The molecule has 16 heavy (non-hydrogen) atoms. The number of aryl methyl sites for hydroxylation is 1. The first-order chi connectivity index (χ1) is 7.48.